The zero-order valence-electron chi connectivity index (χ0n) is 55.3. The lowest BCUT2D eigenvalue weighted by molar-refractivity contribution is -0.143. The molecule has 482 valence electrons. The quantitative estimate of drug-likeness (QED) is 0.0320. The first-order valence-corrected chi connectivity index (χ1v) is 37.4. The van der Waals surface area contributed by atoms with Gasteiger partial charge in [0.2, 0.25) is 5.91 Å². The number of nitrogens with one attached hydrogen (secondary N) is 1. The molecule has 1 amide bonds. The molecule has 2 atom stereocenters. The molecule has 0 heterocycles. The number of unbranched alkanes of at least 4 members (excludes halogenated alkanes) is 58. The molecular formula is C75H147NO5. The summed E-state index contributed by atoms with van der Waals surface area (Å²) in [6, 6.07) is -0.538. The minimum atomic E-state index is -0.662. The Morgan fingerprint density at radius 1 is 0.333 bits per heavy atom. The van der Waals surface area contributed by atoms with Crippen LogP contribution in [0, 0.1) is 0 Å². The largest absolute Gasteiger partial charge is 0.466 e. The van der Waals surface area contributed by atoms with Gasteiger partial charge in [0.25, 0.3) is 0 Å². The Labute approximate surface area is 508 Å². The van der Waals surface area contributed by atoms with Gasteiger partial charge in [-0.15, -0.1) is 0 Å². The number of allylic oxidation sites excluding steroid dienone is 2. The first-order valence-electron chi connectivity index (χ1n) is 37.4. The second kappa shape index (κ2) is 71.1. The summed E-state index contributed by atoms with van der Waals surface area (Å²) in [6.07, 6.45) is 88.6. The van der Waals surface area contributed by atoms with E-state index in [0.29, 0.717) is 25.9 Å². The fourth-order valence-corrected chi connectivity index (χ4v) is 12.1. The van der Waals surface area contributed by atoms with E-state index in [0.717, 1.165) is 44.9 Å². The SMILES string of the molecule is CCCCC/C=C\CCCCCCCC(=O)OCCCCCCCCCCCCCCCCCCCCCCCCCCCCCCCCCC(=O)NC(CO)C(O)CCCCCCCCCCCCCCCCCCCCCCC. The Balaban J connectivity index is 3.33. The molecule has 2 unspecified atom stereocenters. The van der Waals surface area contributed by atoms with E-state index in [1.165, 1.54) is 353 Å². The molecule has 6 heteroatoms. The number of carbonyl (C=O) groups is 2. The van der Waals surface area contributed by atoms with Crippen molar-refractivity contribution >= 4 is 11.9 Å². The Morgan fingerprint density at radius 3 is 0.901 bits per heavy atom. The summed E-state index contributed by atoms with van der Waals surface area (Å²) in [5, 5.41) is 23.4. The molecule has 0 fully saturated rings. The molecule has 0 aliphatic rings. The second-order valence-corrected chi connectivity index (χ2v) is 26.0. The molecule has 0 radical (unpaired) electrons. The first kappa shape index (κ1) is 79.6. The number of esters is 1. The summed E-state index contributed by atoms with van der Waals surface area (Å²) in [4.78, 5) is 24.6. The second-order valence-electron chi connectivity index (χ2n) is 26.0. The predicted molar refractivity (Wildman–Crippen MR) is 357 cm³/mol. The van der Waals surface area contributed by atoms with Crippen molar-refractivity contribution in [2.24, 2.45) is 0 Å². The fraction of sp³-hybridized carbons (Fsp3) is 0.947. The van der Waals surface area contributed by atoms with E-state index in [9.17, 15) is 19.8 Å². The Kier molecular flexibility index (Phi) is 69.9. The standard InChI is InChI=1S/C75H147NO5/c1-3-5-7-9-11-13-15-17-18-19-20-32-35-38-41-44-47-51-55-59-63-67-73(78)72(71-77)76-74(79)68-64-60-56-52-48-45-42-39-36-33-30-28-26-24-22-21-23-25-27-29-31-34-37-40-43-46-50-54-58-62-66-70-81-75(80)69-65-61-57-53-49-16-14-12-10-8-6-4-2/h12,14,72-73,77-78H,3-11,13,15-71H2,1-2H3,(H,76,79)/b14-12-. The Morgan fingerprint density at radius 2 is 0.580 bits per heavy atom. The van der Waals surface area contributed by atoms with Crippen LogP contribution in [-0.2, 0) is 14.3 Å². The van der Waals surface area contributed by atoms with Crippen LogP contribution >= 0.6 is 0 Å². The number of hydrogen-bond acceptors (Lipinski definition) is 5. The van der Waals surface area contributed by atoms with Crippen molar-refractivity contribution < 1.29 is 24.5 Å². The van der Waals surface area contributed by atoms with Crippen molar-refractivity contribution in [1.29, 1.82) is 0 Å². The fourth-order valence-electron chi connectivity index (χ4n) is 12.1. The Bertz CT molecular complexity index is 1220. The summed E-state index contributed by atoms with van der Waals surface area (Å²) >= 11 is 0. The van der Waals surface area contributed by atoms with Crippen LogP contribution in [0.15, 0.2) is 12.2 Å². The van der Waals surface area contributed by atoms with E-state index in [4.69, 9.17) is 4.74 Å². The smallest absolute Gasteiger partial charge is 0.305 e. The van der Waals surface area contributed by atoms with Crippen molar-refractivity contribution in [2.45, 2.75) is 443 Å². The van der Waals surface area contributed by atoms with E-state index in [2.05, 4.69) is 31.3 Å². The van der Waals surface area contributed by atoms with Gasteiger partial charge < -0.3 is 20.3 Å². The summed E-state index contributed by atoms with van der Waals surface area (Å²) in [5.74, 6) is -0.0139. The van der Waals surface area contributed by atoms with Crippen LogP contribution in [0.3, 0.4) is 0 Å². The van der Waals surface area contributed by atoms with Crippen molar-refractivity contribution in [3.8, 4) is 0 Å². The minimum Gasteiger partial charge on any atom is -0.466 e. The number of amides is 1. The average Bonchev–Trinajstić information content (AvgIpc) is 3.47. The summed E-state index contributed by atoms with van der Waals surface area (Å²) in [7, 11) is 0. The topological polar surface area (TPSA) is 95.9 Å². The maximum atomic E-state index is 12.6. The van der Waals surface area contributed by atoms with E-state index in [1.807, 2.05) is 0 Å². The van der Waals surface area contributed by atoms with Gasteiger partial charge in [0.15, 0.2) is 0 Å². The summed E-state index contributed by atoms with van der Waals surface area (Å²) < 4.78 is 5.48. The third-order valence-electron chi connectivity index (χ3n) is 17.8. The zero-order valence-corrected chi connectivity index (χ0v) is 55.3. The molecule has 0 aliphatic heterocycles. The lowest BCUT2D eigenvalue weighted by Gasteiger charge is -2.22. The van der Waals surface area contributed by atoms with Gasteiger partial charge in [-0.3, -0.25) is 9.59 Å². The van der Waals surface area contributed by atoms with Gasteiger partial charge in [0, 0.05) is 12.8 Å². The molecule has 0 aromatic carbocycles. The van der Waals surface area contributed by atoms with Gasteiger partial charge in [-0.1, -0.05) is 379 Å². The summed E-state index contributed by atoms with van der Waals surface area (Å²) in [5.41, 5.74) is 0. The highest BCUT2D eigenvalue weighted by atomic mass is 16.5. The lowest BCUT2D eigenvalue weighted by Crippen LogP contribution is -2.45. The van der Waals surface area contributed by atoms with Gasteiger partial charge in [-0.05, 0) is 51.4 Å². The van der Waals surface area contributed by atoms with Crippen LogP contribution in [0.25, 0.3) is 0 Å². The van der Waals surface area contributed by atoms with Gasteiger partial charge in [0.05, 0.1) is 25.4 Å². The van der Waals surface area contributed by atoms with Gasteiger partial charge in [-0.25, -0.2) is 0 Å². The number of hydrogen-bond donors (Lipinski definition) is 3. The third-order valence-corrected chi connectivity index (χ3v) is 17.8. The Hall–Kier alpha value is -1.40. The maximum Gasteiger partial charge on any atom is 0.305 e. The molecule has 0 rings (SSSR count). The molecule has 0 bridgehead atoms. The van der Waals surface area contributed by atoms with Crippen molar-refractivity contribution in [3.63, 3.8) is 0 Å². The molecule has 0 aromatic heterocycles. The minimum absolute atomic E-state index is 0.0115. The highest BCUT2D eigenvalue weighted by molar-refractivity contribution is 5.76. The number of carbonyl (C=O) groups excluding carboxylic acids is 2. The number of ether oxygens (including phenoxy) is 1. The number of aliphatic hydroxyl groups is 2. The van der Waals surface area contributed by atoms with Gasteiger partial charge in [0.1, 0.15) is 0 Å². The average molecular weight is 1140 g/mol. The molecule has 0 spiro atoms. The summed E-state index contributed by atoms with van der Waals surface area (Å²) in [6.45, 7) is 4.98. The van der Waals surface area contributed by atoms with Crippen LogP contribution in [-0.4, -0.2) is 47.4 Å². The molecule has 81 heavy (non-hydrogen) atoms. The highest BCUT2D eigenvalue weighted by Gasteiger charge is 2.20. The number of rotatable bonds is 71. The van der Waals surface area contributed by atoms with E-state index < -0.39 is 12.1 Å². The highest BCUT2D eigenvalue weighted by Crippen LogP contribution is 2.20. The van der Waals surface area contributed by atoms with Crippen LogP contribution in [0.2, 0.25) is 0 Å². The van der Waals surface area contributed by atoms with Gasteiger partial charge in [-0.2, -0.15) is 0 Å². The normalized spacial score (nSPS) is 12.5. The molecule has 0 saturated carbocycles. The van der Waals surface area contributed by atoms with Crippen molar-refractivity contribution in [2.75, 3.05) is 13.2 Å². The molecule has 3 N–H and O–H groups in total. The zero-order chi connectivity index (χ0) is 58.5. The van der Waals surface area contributed by atoms with Gasteiger partial charge >= 0.3 is 5.97 Å². The molecule has 0 aliphatic carbocycles. The predicted octanol–water partition coefficient (Wildman–Crippen LogP) is 24.3. The lowest BCUT2D eigenvalue weighted by atomic mass is 10.0. The molecule has 0 aromatic rings. The van der Waals surface area contributed by atoms with E-state index in [1.54, 1.807) is 0 Å². The van der Waals surface area contributed by atoms with Crippen LogP contribution in [0.4, 0.5) is 0 Å². The molecular weight excluding hydrogens is 995 g/mol. The van der Waals surface area contributed by atoms with Crippen LogP contribution in [0.1, 0.15) is 431 Å². The maximum absolute atomic E-state index is 12.6. The number of aliphatic hydroxyl groups excluding tert-OH is 2. The third kappa shape index (κ3) is 67.6. The molecule has 6 nitrogen and oxygen atoms in total. The van der Waals surface area contributed by atoms with Crippen LogP contribution in [0.5, 0.6) is 0 Å². The van der Waals surface area contributed by atoms with E-state index in [-0.39, 0.29) is 18.5 Å². The van der Waals surface area contributed by atoms with E-state index >= 15 is 0 Å². The monoisotopic (exact) mass is 1140 g/mol. The van der Waals surface area contributed by atoms with Crippen molar-refractivity contribution in [1.82, 2.24) is 5.32 Å². The van der Waals surface area contributed by atoms with Crippen molar-refractivity contribution in [3.05, 3.63) is 12.2 Å². The molecule has 0 saturated heterocycles. The first-order chi connectivity index (χ1) is 40.0. The van der Waals surface area contributed by atoms with Crippen LogP contribution < -0.4 is 5.32 Å².